The van der Waals surface area contributed by atoms with Crippen molar-refractivity contribution in [2.24, 2.45) is 0 Å². The third kappa shape index (κ3) is 2.08. The van der Waals surface area contributed by atoms with Crippen LogP contribution in [0, 0.1) is 15.9 Å². The number of aromatic nitrogens is 1. The number of hydrogen-bond acceptors (Lipinski definition) is 4. The van der Waals surface area contributed by atoms with Crippen molar-refractivity contribution in [1.82, 2.24) is 4.98 Å². The van der Waals surface area contributed by atoms with Gasteiger partial charge in [0, 0.05) is 12.1 Å². The first-order valence-corrected chi connectivity index (χ1v) is 6.24. The fourth-order valence-electron chi connectivity index (χ4n) is 2.04. The number of halogens is 2. The summed E-state index contributed by atoms with van der Waals surface area (Å²) in [6.07, 6.45) is 5.33. The second-order valence-corrected chi connectivity index (χ2v) is 4.72. The van der Waals surface area contributed by atoms with Gasteiger partial charge >= 0.3 is 5.69 Å². The molecular weight excluding hydrogens is 287 g/mol. The normalized spacial score (nSPS) is 13.3. The molecule has 0 unspecified atom stereocenters. The predicted molar refractivity (Wildman–Crippen MR) is 70.9 cm³/mol. The number of nitro groups is 1. The van der Waals surface area contributed by atoms with E-state index in [9.17, 15) is 14.5 Å². The Morgan fingerprint density at radius 1 is 1.45 bits per heavy atom. The van der Waals surface area contributed by atoms with Gasteiger partial charge in [-0.05, 0) is 18.9 Å². The van der Waals surface area contributed by atoms with Gasteiger partial charge in [0.15, 0.2) is 5.76 Å². The second kappa shape index (κ2) is 4.72. The minimum absolute atomic E-state index is 0.0238. The van der Waals surface area contributed by atoms with Gasteiger partial charge in [0.05, 0.1) is 21.2 Å². The van der Waals surface area contributed by atoms with Gasteiger partial charge in [0.1, 0.15) is 0 Å². The van der Waals surface area contributed by atoms with Crippen LogP contribution in [0.1, 0.15) is 17.9 Å². The van der Waals surface area contributed by atoms with E-state index in [2.05, 4.69) is 4.98 Å². The Kier molecular flexibility index (Phi) is 3.02. The molecule has 0 bridgehead atoms. The second-order valence-electron chi connectivity index (χ2n) is 4.31. The third-order valence-corrected chi connectivity index (χ3v) is 3.32. The quantitative estimate of drug-likeness (QED) is 0.620. The highest BCUT2D eigenvalue weighted by molar-refractivity contribution is 6.33. The molecule has 3 rings (SSSR count). The van der Waals surface area contributed by atoms with Gasteiger partial charge in [-0.2, -0.15) is 4.39 Å². The molecule has 1 aromatic heterocycles. The Morgan fingerprint density at radius 2 is 2.25 bits per heavy atom. The molecule has 0 spiro atoms. The summed E-state index contributed by atoms with van der Waals surface area (Å²) in [5.74, 6) is -0.219. The molecule has 1 aromatic carbocycles. The molecule has 7 heteroatoms. The summed E-state index contributed by atoms with van der Waals surface area (Å²) in [6, 6.07) is 1.94. The van der Waals surface area contributed by atoms with Crippen molar-refractivity contribution in [1.29, 1.82) is 0 Å². The van der Waals surface area contributed by atoms with Gasteiger partial charge in [-0.1, -0.05) is 17.7 Å². The highest BCUT2D eigenvalue weighted by Crippen LogP contribution is 2.35. The summed E-state index contributed by atoms with van der Waals surface area (Å²) >= 11 is 5.92. The third-order valence-electron chi connectivity index (χ3n) is 3.01. The molecule has 0 N–H and O–H groups in total. The molecule has 0 fully saturated rings. The van der Waals surface area contributed by atoms with Crippen LogP contribution in [0.25, 0.3) is 17.5 Å². The van der Waals surface area contributed by atoms with E-state index in [-0.39, 0.29) is 16.5 Å². The maximum absolute atomic E-state index is 13.4. The molecule has 5 nitrogen and oxygen atoms in total. The van der Waals surface area contributed by atoms with Gasteiger partial charge in [-0.15, -0.1) is 0 Å². The van der Waals surface area contributed by atoms with Crippen molar-refractivity contribution >= 4 is 23.4 Å². The van der Waals surface area contributed by atoms with Crippen molar-refractivity contribution in [3.8, 4) is 11.5 Å². The molecule has 0 saturated heterocycles. The van der Waals surface area contributed by atoms with Crippen LogP contribution < -0.4 is 0 Å². The van der Waals surface area contributed by atoms with Crippen LogP contribution in [0.3, 0.4) is 0 Å². The molecular formula is C13H8ClFN2O3. The first kappa shape index (κ1) is 12.8. The van der Waals surface area contributed by atoms with Crippen LogP contribution >= 0.6 is 11.6 Å². The summed E-state index contributed by atoms with van der Waals surface area (Å²) < 4.78 is 19.0. The molecule has 0 aliphatic heterocycles. The largest absolute Gasteiger partial charge is 0.436 e. The Balaban J connectivity index is 2.14. The van der Waals surface area contributed by atoms with E-state index in [0.29, 0.717) is 5.76 Å². The first-order chi connectivity index (χ1) is 9.56. The molecule has 0 amide bonds. The van der Waals surface area contributed by atoms with E-state index in [1.807, 2.05) is 6.08 Å². The van der Waals surface area contributed by atoms with Crippen molar-refractivity contribution in [2.75, 3.05) is 0 Å². The Morgan fingerprint density at radius 3 is 2.95 bits per heavy atom. The molecule has 102 valence electrons. The first-order valence-electron chi connectivity index (χ1n) is 5.86. The van der Waals surface area contributed by atoms with E-state index in [0.717, 1.165) is 30.7 Å². The summed E-state index contributed by atoms with van der Waals surface area (Å²) in [6.45, 7) is 0. The Labute approximate surface area is 117 Å². The smallest absolute Gasteiger partial charge is 0.305 e. The van der Waals surface area contributed by atoms with Crippen LogP contribution in [-0.4, -0.2) is 9.91 Å². The number of hydrogen-bond donors (Lipinski definition) is 0. The number of oxazole rings is 1. The summed E-state index contributed by atoms with van der Waals surface area (Å²) in [4.78, 5) is 14.2. The van der Waals surface area contributed by atoms with E-state index in [4.69, 9.17) is 16.0 Å². The maximum atomic E-state index is 13.4. The topological polar surface area (TPSA) is 69.2 Å². The molecule has 20 heavy (non-hydrogen) atoms. The lowest BCUT2D eigenvalue weighted by molar-refractivity contribution is -0.387. The minimum atomic E-state index is -0.986. The fraction of sp³-hybridized carbons (Fsp3) is 0.154. The molecule has 1 heterocycles. The molecule has 1 aliphatic carbocycles. The van der Waals surface area contributed by atoms with Crippen molar-refractivity contribution in [3.05, 3.63) is 50.6 Å². The number of fused-ring (bicyclic) bond motifs is 1. The number of rotatable bonds is 2. The highest BCUT2D eigenvalue weighted by atomic mass is 35.5. The van der Waals surface area contributed by atoms with Crippen LogP contribution in [0.5, 0.6) is 0 Å². The number of nitrogens with zero attached hydrogens (tertiary/aromatic N) is 2. The van der Waals surface area contributed by atoms with Crippen LogP contribution in [0.4, 0.5) is 10.1 Å². The SMILES string of the molecule is O=[N+]([O-])c1cc(-c2nc3c(o2)C=CCC3)c(Cl)cc1F. The predicted octanol–water partition coefficient (Wildman–Crippen LogP) is 4.00. The van der Waals surface area contributed by atoms with Gasteiger partial charge in [0.25, 0.3) is 0 Å². The average molecular weight is 295 g/mol. The van der Waals surface area contributed by atoms with Crippen molar-refractivity contribution in [3.63, 3.8) is 0 Å². The minimum Gasteiger partial charge on any atom is -0.436 e. The molecule has 1 aliphatic rings. The standard InChI is InChI=1S/C13H8ClFN2O3/c14-8-6-9(15)11(17(18)19)5-7(8)13-16-10-3-1-2-4-12(10)20-13/h2,4-6H,1,3H2. The lowest BCUT2D eigenvalue weighted by Gasteiger charge is -2.00. The van der Waals surface area contributed by atoms with Gasteiger partial charge in [-0.25, -0.2) is 4.98 Å². The zero-order valence-electron chi connectivity index (χ0n) is 10.1. The van der Waals surface area contributed by atoms with Crippen LogP contribution in [0.15, 0.2) is 22.6 Å². The Bertz CT molecular complexity index is 739. The van der Waals surface area contributed by atoms with Crippen molar-refractivity contribution < 1.29 is 13.7 Å². The van der Waals surface area contributed by atoms with Crippen LogP contribution in [-0.2, 0) is 6.42 Å². The lowest BCUT2D eigenvalue weighted by atomic mass is 10.1. The number of benzene rings is 1. The zero-order valence-corrected chi connectivity index (χ0v) is 10.9. The molecule has 0 radical (unpaired) electrons. The molecule has 0 saturated carbocycles. The fourth-order valence-corrected chi connectivity index (χ4v) is 2.27. The molecule has 0 atom stereocenters. The van der Waals surface area contributed by atoms with E-state index in [1.165, 1.54) is 0 Å². The summed E-state index contributed by atoms with van der Waals surface area (Å²) in [5, 5.41) is 10.8. The van der Waals surface area contributed by atoms with Crippen LogP contribution in [0.2, 0.25) is 5.02 Å². The van der Waals surface area contributed by atoms with E-state index < -0.39 is 16.4 Å². The number of allylic oxidation sites excluding steroid dienone is 1. The lowest BCUT2D eigenvalue weighted by Crippen LogP contribution is -1.94. The summed E-state index contributed by atoms with van der Waals surface area (Å²) in [7, 11) is 0. The number of aryl methyl sites for hydroxylation is 1. The average Bonchev–Trinajstić information content (AvgIpc) is 2.81. The molecule has 2 aromatic rings. The van der Waals surface area contributed by atoms with E-state index in [1.54, 1.807) is 6.08 Å². The highest BCUT2D eigenvalue weighted by Gasteiger charge is 2.22. The Hall–Kier alpha value is -2.21. The van der Waals surface area contributed by atoms with Crippen molar-refractivity contribution in [2.45, 2.75) is 12.8 Å². The van der Waals surface area contributed by atoms with E-state index >= 15 is 0 Å². The maximum Gasteiger partial charge on any atom is 0.305 e. The van der Waals surface area contributed by atoms with Gasteiger partial charge in [0.2, 0.25) is 11.7 Å². The summed E-state index contributed by atoms with van der Waals surface area (Å²) in [5.41, 5.74) is 0.323. The zero-order chi connectivity index (χ0) is 14.3. The van der Waals surface area contributed by atoms with Gasteiger partial charge < -0.3 is 4.42 Å². The number of nitro benzene ring substituents is 1. The monoisotopic (exact) mass is 294 g/mol. The van der Waals surface area contributed by atoms with Gasteiger partial charge in [-0.3, -0.25) is 10.1 Å².